The Hall–Kier alpha value is -2.63. The highest BCUT2D eigenvalue weighted by atomic mass is 16.1. The lowest BCUT2D eigenvalue weighted by Crippen LogP contribution is -2.26. The Balaban J connectivity index is 1.26. The van der Waals surface area contributed by atoms with Crippen molar-refractivity contribution in [2.75, 3.05) is 6.54 Å². The highest BCUT2D eigenvalue weighted by Crippen LogP contribution is 2.19. The summed E-state index contributed by atoms with van der Waals surface area (Å²) in [6.45, 7) is 1.62. The lowest BCUT2D eigenvalue weighted by atomic mass is 10.1. The molecule has 2 N–H and O–H groups in total. The lowest BCUT2D eigenvalue weighted by Gasteiger charge is -2.08. The van der Waals surface area contributed by atoms with Crippen LogP contribution in [0.1, 0.15) is 42.9 Å². The quantitative estimate of drug-likeness (QED) is 0.717. The van der Waals surface area contributed by atoms with E-state index in [4.69, 9.17) is 0 Å². The number of nitrogens with zero attached hydrogens (tertiary/aromatic N) is 3. The first-order valence-corrected chi connectivity index (χ1v) is 9.54. The molecule has 4 rings (SSSR count). The average Bonchev–Trinajstić information content (AvgIpc) is 3.16. The molecule has 26 heavy (non-hydrogen) atoms. The van der Waals surface area contributed by atoms with E-state index in [9.17, 15) is 4.79 Å². The molecule has 0 spiro atoms. The Morgan fingerprint density at radius 3 is 3.04 bits per heavy atom. The highest BCUT2D eigenvalue weighted by molar-refractivity contribution is 5.84. The third-order valence-electron chi connectivity index (χ3n) is 5.15. The second kappa shape index (κ2) is 7.72. The number of para-hydroxylation sites is 1. The van der Waals surface area contributed by atoms with Crippen LogP contribution < -0.4 is 5.32 Å². The minimum absolute atomic E-state index is 0.0888. The number of carbonyl (C=O) groups is 1. The lowest BCUT2D eigenvalue weighted by molar-refractivity contribution is -0.121. The molecule has 0 radical (unpaired) electrons. The van der Waals surface area contributed by atoms with Crippen molar-refractivity contribution in [1.82, 2.24) is 25.1 Å². The molecule has 0 fully saturated rings. The Bertz CT molecular complexity index is 895. The molecule has 0 bridgehead atoms. The summed E-state index contributed by atoms with van der Waals surface area (Å²) in [7, 11) is 0. The van der Waals surface area contributed by atoms with Crippen molar-refractivity contribution in [2.45, 2.75) is 51.5 Å². The van der Waals surface area contributed by atoms with Gasteiger partial charge in [-0.05, 0) is 30.9 Å². The fourth-order valence-corrected chi connectivity index (χ4v) is 3.72. The Morgan fingerprint density at radius 1 is 1.15 bits per heavy atom. The van der Waals surface area contributed by atoms with Gasteiger partial charge in [0.1, 0.15) is 11.6 Å². The largest absolute Gasteiger partial charge is 0.361 e. The number of amides is 1. The minimum atomic E-state index is 0.0888. The Labute approximate surface area is 153 Å². The summed E-state index contributed by atoms with van der Waals surface area (Å²) in [5.74, 6) is 2.19. The number of carbonyl (C=O) groups excluding carboxylic acids is 1. The van der Waals surface area contributed by atoms with E-state index in [2.05, 4.69) is 37.2 Å². The van der Waals surface area contributed by atoms with Crippen molar-refractivity contribution < 1.29 is 4.79 Å². The molecular formula is C20H25N5O. The van der Waals surface area contributed by atoms with Crippen LogP contribution in [0.25, 0.3) is 10.9 Å². The van der Waals surface area contributed by atoms with E-state index in [1.165, 1.54) is 30.2 Å². The van der Waals surface area contributed by atoms with Gasteiger partial charge in [0, 0.05) is 49.5 Å². The fraction of sp³-hybridized carbons (Fsp3) is 0.450. The predicted molar refractivity (Wildman–Crippen MR) is 101 cm³/mol. The first kappa shape index (κ1) is 16.8. The fourth-order valence-electron chi connectivity index (χ4n) is 3.72. The molecule has 0 aliphatic carbocycles. The summed E-state index contributed by atoms with van der Waals surface area (Å²) in [6.07, 6.45) is 8.65. The smallest absolute Gasteiger partial charge is 0.220 e. The molecule has 0 saturated heterocycles. The van der Waals surface area contributed by atoms with Gasteiger partial charge in [0.15, 0.2) is 0 Å². The van der Waals surface area contributed by atoms with E-state index in [-0.39, 0.29) is 5.91 Å². The van der Waals surface area contributed by atoms with E-state index in [1.54, 1.807) is 0 Å². The maximum Gasteiger partial charge on any atom is 0.220 e. The molecule has 3 aromatic rings. The monoisotopic (exact) mass is 351 g/mol. The first-order chi connectivity index (χ1) is 12.8. The zero-order valence-corrected chi connectivity index (χ0v) is 15.0. The van der Waals surface area contributed by atoms with Crippen LogP contribution in [0.15, 0.2) is 30.5 Å². The van der Waals surface area contributed by atoms with Gasteiger partial charge in [-0.1, -0.05) is 24.6 Å². The second-order valence-corrected chi connectivity index (χ2v) is 6.95. The first-order valence-electron chi connectivity index (χ1n) is 9.54. The molecule has 0 saturated carbocycles. The minimum Gasteiger partial charge on any atom is -0.361 e. The summed E-state index contributed by atoms with van der Waals surface area (Å²) in [5, 5.41) is 12.8. The van der Waals surface area contributed by atoms with Gasteiger partial charge in [-0.15, -0.1) is 10.2 Å². The molecule has 1 amide bonds. The summed E-state index contributed by atoms with van der Waals surface area (Å²) < 4.78 is 2.24. The molecule has 1 aromatic carbocycles. The summed E-state index contributed by atoms with van der Waals surface area (Å²) in [6, 6.07) is 8.19. The van der Waals surface area contributed by atoms with Gasteiger partial charge in [0.25, 0.3) is 0 Å². The third-order valence-corrected chi connectivity index (χ3v) is 5.15. The van der Waals surface area contributed by atoms with Gasteiger partial charge in [-0.3, -0.25) is 4.79 Å². The van der Waals surface area contributed by atoms with Crippen molar-refractivity contribution in [2.24, 2.45) is 0 Å². The van der Waals surface area contributed by atoms with Crippen molar-refractivity contribution in [3.8, 4) is 0 Å². The number of nitrogens with one attached hydrogen (secondary N) is 2. The molecule has 6 nitrogen and oxygen atoms in total. The van der Waals surface area contributed by atoms with E-state index in [1.807, 2.05) is 18.3 Å². The van der Waals surface area contributed by atoms with Crippen molar-refractivity contribution in [1.29, 1.82) is 0 Å². The SMILES string of the molecule is O=C(CCc1c[nH]c2ccccc12)NCCc1nnc2n1CCCCC2. The molecule has 2 aromatic heterocycles. The number of aromatic nitrogens is 4. The average molecular weight is 351 g/mol. The zero-order chi connectivity index (χ0) is 17.8. The van der Waals surface area contributed by atoms with Crippen LogP contribution in [0.2, 0.25) is 0 Å². The van der Waals surface area contributed by atoms with Crippen LogP contribution in [0, 0.1) is 0 Å². The van der Waals surface area contributed by atoms with Crippen LogP contribution in [-0.4, -0.2) is 32.2 Å². The third kappa shape index (κ3) is 3.64. The van der Waals surface area contributed by atoms with Gasteiger partial charge in [0.05, 0.1) is 0 Å². The maximum absolute atomic E-state index is 12.2. The summed E-state index contributed by atoms with van der Waals surface area (Å²) in [4.78, 5) is 15.4. The van der Waals surface area contributed by atoms with Gasteiger partial charge in [0.2, 0.25) is 5.91 Å². The number of hydrogen-bond acceptors (Lipinski definition) is 3. The van der Waals surface area contributed by atoms with Crippen molar-refractivity contribution >= 4 is 16.8 Å². The van der Waals surface area contributed by atoms with Crippen molar-refractivity contribution in [3.63, 3.8) is 0 Å². The van der Waals surface area contributed by atoms with Gasteiger partial charge in [-0.2, -0.15) is 0 Å². The van der Waals surface area contributed by atoms with E-state index in [0.717, 1.165) is 43.0 Å². The predicted octanol–water partition coefficient (Wildman–Crippen LogP) is 2.78. The molecular weight excluding hydrogens is 326 g/mol. The number of H-pyrrole nitrogens is 1. The van der Waals surface area contributed by atoms with E-state index in [0.29, 0.717) is 13.0 Å². The molecule has 0 atom stereocenters. The van der Waals surface area contributed by atoms with Gasteiger partial charge >= 0.3 is 0 Å². The van der Waals surface area contributed by atoms with Crippen molar-refractivity contribution in [3.05, 3.63) is 47.7 Å². The van der Waals surface area contributed by atoms with E-state index < -0.39 is 0 Å². The number of benzene rings is 1. The summed E-state index contributed by atoms with van der Waals surface area (Å²) in [5.41, 5.74) is 2.31. The summed E-state index contributed by atoms with van der Waals surface area (Å²) >= 11 is 0. The molecule has 3 heterocycles. The number of aromatic amines is 1. The number of aryl methyl sites for hydroxylation is 2. The van der Waals surface area contributed by atoms with Gasteiger partial charge in [-0.25, -0.2) is 0 Å². The Kier molecular flexibility index (Phi) is 5.00. The molecule has 1 aliphatic rings. The maximum atomic E-state index is 12.2. The Morgan fingerprint density at radius 2 is 2.08 bits per heavy atom. The van der Waals surface area contributed by atoms with Crippen LogP contribution in [0.3, 0.4) is 0 Å². The zero-order valence-electron chi connectivity index (χ0n) is 15.0. The van der Waals surface area contributed by atoms with Crippen LogP contribution in [0.5, 0.6) is 0 Å². The topological polar surface area (TPSA) is 75.6 Å². The molecule has 0 unspecified atom stereocenters. The second-order valence-electron chi connectivity index (χ2n) is 6.95. The standard InChI is InChI=1S/C20H25N5O/c26-20(10-9-15-14-22-17-7-4-3-6-16(15)17)21-12-11-19-24-23-18-8-2-1-5-13-25(18)19/h3-4,6-7,14,22H,1-2,5,8-13H2,(H,21,26). The molecule has 6 heteroatoms. The highest BCUT2D eigenvalue weighted by Gasteiger charge is 2.14. The normalized spacial score (nSPS) is 14.2. The van der Waals surface area contributed by atoms with E-state index >= 15 is 0 Å². The number of hydrogen-bond donors (Lipinski definition) is 2. The number of fused-ring (bicyclic) bond motifs is 2. The molecule has 1 aliphatic heterocycles. The van der Waals surface area contributed by atoms with Gasteiger partial charge < -0.3 is 14.9 Å². The number of rotatable bonds is 6. The van der Waals surface area contributed by atoms with Crippen LogP contribution in [-0.2, 0) is 30.6 Å². The van der Waals surface area contributed by atoms with Crippen LogP contribution in [0.4, 0.5) is 0 Å². The molecule has 136 valence electrons. The van der Waals surface area contributed by atoms with Crippen LogP contribution >= 0.6 is 0 Å².